The van der Waals surface area contributed by atoms with Crippen LogP contribution in [0.15, 0.2) is 60.1 Å². The number of terminal acetylenes is 1. The van der Waals surface area contributed by atoms with Crippen LogP contribution in [-0.2, 0) is 0 Å². The Hall–Kier alpha value is -2.14. The molecule has 2 heteroatoms. The molecule has 3 rings (SSSR count). The smallest absolute Gasteiger partial charge is 0.0808 e. The molecule has 120 valence electrons. The van der Waals surface area contributed by atoms with Gasteiger partial charge in [-0.1, -0.05) is 45.1 Å². The van der Waals surface area contributed by atoms with Crippen LogP contribution in [0.5, 0.6) is 0 Å². The SMILES string of the molecule is C#CC1=C2C(=C)N(CC)CC3(CC3CCC)N2C=C(C=C)C1=C. The van der Waals surface area contributed by atoms with Gasteiger partial charge in [0.05, 0.1) is 22.5 Å². The van der Waals surface area contributed by atoms with E-state index in [-0.39, 0.29) is 5.54 Å². The average molecular weight is 306 g/mol. The third-order valence-electron chi connectivity index (χ3n) is 5.58. The number of likely N-dealkylation sites (N-methyl/N-ethyl adjacent to an activating group) is 1. The summed E-state index contributed by atoms with van der Waals surface area (Å²) in [4.78, 5) is 4.78. The molecule has 1 spiro atoms. The first-order valence-electron chi connectivity index (χ1n) is 8.52. The van der Waals surface area contributed by atoms with Gasteiger partial charge in [-0.3, -0.25) is 0 Å². The summed E-state index contributed by atoms with van der Waals surface area (Å²) in [6, 6.07) is 0. The number of hydrogen-bond donors (Lipinski definition) is 0. The van der Waals surface area contributed by atoms with Crippen molar-refractivity contribution in [3.8, 4) is 12.3 Å². The van der Waals surface area contributed by atoms with E-state index in [0.29, 0.717) is 0 Å². The van der Waals surface area contributed by atoms with Crippen molar-refractivity contribution in [2.75, 3.05) is 13.1 Å². The zero-order chi connectivity index (χ0) is 16.8. The molecule has 0 aromatic carbocycles. The molecule has 0 N–H and O–H groups in total. The Morgan fingerprint density at radius 3 is 2.74 bits per heavy atom. The maximum absolute atomic E-state index is 5.85. The Morgan fingerprint density at radius 2 is 2.17 bits per heavy atom. The van der Waals surface area contributed by atoms with Gasteiger partial charge in [-0.05, 0) is 36.8 Å². The Morgan fingerprint density at radius 1 is 1.43 bits per heavy atom. The summed E-state index contributed by atoms with van der Waals surface area (Å²) in [6.07, 6.45) is 13.6. The van der Waals surface area contributed by atoms with Crippen LogP contribution in [0.25, 0.3) is 0 Å². The lowest BCUT2D eigenvalue weighted by atomic mass is 9.89. The second kappa shape index (κ2) is 5.49. The monoisotopic (exact) mass is 306 g/mol. The van der Waals surface area contributed by atoms with Gasteiger partial charge >= 0.3 is 0 Å². The molecule has 0 amide bonds. The van der Waals surface area contributed by atoms with Crippen molar-refractivity contribution in [2.45, 2.75) is 38.6 Å². The van der Waals surface area contributed by atoms with Gasteiger partial charge in [0.1, 0.15) is 0 Å². The quantitative estimate of drug-likeness (QED) is 0.717. The van der Waals surface area contributed by atoms with Gasteiger partial charge in [0, 0.05) is 19.3 Å². The van der Waals surface area contributed by atoms with Gasteiger partial charge in [-0.15, -0.1) is 6.42 Å². The lowest BCUT2D eigenvalue weighted by Crippen LogP contribution is -2.52. The fourth-order valence-electron chi connectivity index (χ4n) is 4.19. The summed E-state index contributed by atoms with van der Waals surface area (Å²) in [6.45, 7) is 18.9. The van der Waals surface area contributed by atoms with E-state index in [1.54, 1.807) is 0 Å². The van der Waals surface area contributed by atoms with Gasteiger partial charge in [0.15, 0.2) is 0 Å². The van der Waals surface area contributed by atoms with E-state index in [1.165, 1.54) is 19.3 Å². The van der Waals surface area contributed by atoms with Crippen LogP contribution in [0, 0.1) is 18.3 Å². The molecule has 1 saturated heterocycles. The number of piperazine rings is 1. The van der Waals surface area contributed by atoms with E-state index >= 15 is 0 Å². The highest BCUT2D eigenvalue weighted by molar-refractivity contribution is 5.65. The predicted octanol–water partition coefficient (Wildman–Crippen LogP) is 4.22. The standard InChI is InChI=1S/C21H26N2/c1-7-11-18-12-21(18)14-22(10-4)16(6)20-19(9-3)15(5)17(8-2)13-23(20)21/h3,8,13,18H,2,5-7,10-12,14H2,1,4H3. The molecule has 0 aromatic heterocycles. The largest absolute Gasteiger partial charge is 0.368 e. The lowest BCUT2D eigenvalue weighted by Gasteiger charge is -2.48. The summed E-state index contributed by atoms with van der Waals surface area (Å²) in [5, 5.41) is 0. The van der Waals surface area contributed by atoms with Gasteiger partial charge in [-0.2, -0.15) is 0 Å². The first-order valence-corrected chi connectivity index (χ1v) is 8.52. The molecular weight excluding hydrogens is 280 g/mol. The van der Waals surface area contributed by atoms with Crippen LogP contribution in [0.3, 0.4) is 0 Å². The summed E-state index contributed by atoms with van der Waals surface area (Å²) in [5.41, 5.74) is 5.05. The lowest BCUT2D eigenvalue weighted by molar-refractivity contribution is 0.161. The van der Waals surface area contributed by atoms with Crippen LogP contribution in [-0.4, -0.2) is 28.4 Å². The molecular formula is C21H26N2. The topological polar surface area (TPSA) is 6.48 Å². The molecule has 3 aliphatic rings. The van der Waals surface area contributed by atoms with Crippen molar-refractivity contribution < 1.29 is 0 Å². The number of fused-ring (bicyclic) bond motifs is 2. The molecule has 2 aliphatic heterocycles. The minimum absolute atomic E-state index is 0.166. The van der Waals surface area contributed by atoms with Crippen molar-refractivity contribution in [1.29, 1.82) is 0 Å². The second-order valence-electron chi connectivity index (χ2n) is 6.76. The fraction of sp³-hybridized carbons (Fsp3) is 0.429. The predicted molar refractivity (Wildman–Crippen MR) is 97.3 cm³/mol. The highest BCUT2D eigenvalue weighted by atomic mass is 15.4. The third-order valence-corrected chi connectivity index (χ3v) is 5.58. The first-order chi connectivity index (χ1) is 11.0. The van der Waals surface area contributed by atoms with Gasteiger partial charge in [0.25, 0.3) is 0 Å². The Labute approximate surface area is 140 Å². The summed E-state index contributed by atoms with van der Waals surface area (Å²) in [7, 11) is 0. The van der Waals surface area contributed by atoms with Gasteiger partial charge in [0.2, 0.25) is 0 Å². The van der Waals surface area contributed by atoms with E-state index in [0.717, 1.165) is 47.1 Å². The number of rotatable bonds is 4. The van der Waals surface area contributed by atoms with Gasteiger partial charge in [-0.25, -0.2) is 0 Å². The Bertz CT molecular complexity index is 685. The molecule has 2 unspecified atom stereocenters. The van der Waals surface area contributed by atoms with Crippen LogP contribution < -0.4 is 0 Å². The average Bonchev–Trinajstić information content (AvgIpc) is 3.24. The van der Waals surface area contributed by atoms with Crippen LogP contribution in [0.4, 0.5) is 0 Å². The highest BCUT2D eigenvalue weighted by Gasteiger charge is 2.61. The van der Waals surface area contributed by atoms with E-state index in [9.17, 15) is 0 Å². The molecule has 0 bridgehead atoms. The number of nitrogens with zero attached hydrogens (tertiary/aromatic N) is 2. The van der Waals surface area contributed by atoms with E-state index in [1.807, 2.05) is 6.08 Å². The molecule has 1 saturated carbocycles. The minimum Gasteiger partial charge on any atom is -0.368 e. The molecule has 0 aromatic rings. The third kappa shape index (κ3) is 2.10. The molecule has 23 heavy (non-hydrogen) atoms. The zero-order valence-electron chi connectivity index (χ0n) is 14.4. The number of allylic oxidation sites excluding steroid dienone is 4. The maximum Gasteiger partial charge on any atom is 0.0808 e. The van der Waals surface area contributed by atoms with E-state index in [2.05, 4.69) is 55.5 Å². The maximum atomic E-state index is 5.85. The Kier molecular flexibility index (Phi) is 3.76. The second-order valence-corrected chi connectivity index (χ2v) is 6.76. The van der Waals surface area contributed by atoms with Crippen LogP contribution in [0.1, 0.15) is 33.1 Å². The normalized spacial score (nSPS) is 29.4. The van der Waals surface area contributed by atoms with Crippen molar-refractivity contribution in [1.82, 2.24) is 9.80 Å². The van der Waals surface area contributed by atoms with Crippen molar-refractivity contribution in [3.63, 3.8) is 0 Å². The van der Waals surface area contributed by atoms with Crippen molar-refractivity contribution in [3.05, 3.63) is 60.1 Å². The van der Waals surface area contributed by atoms with Crippen LogP contribution in [0.2, 0.25) is 0 Å². The molecule has 1 aliphatic carbocycles. The highest BCUT2D eigenvalue weighted by Crippen LogP contribution is 2.58. The summed E-state index contributed by atoms with van der Waals surface area (Å²) in [5.74, 6) is 3.59. The Balaban J connectivity index is 2.14. The summed E-state index contributed by atoms with van der Waals surface area (Å²) >= 11 is 0. The molecule has 2 nitrogen and oxygen atoms in total. The number of hydrogen-bond acceptors (Lipinski definition) is 2. The van der Waals surface area contributed by atoms with Gasteiger partial charge < -0.3 is 9.80 Å². The molecule has 2 fully saturated rings. The fourth-order valence-corrected chi connectivity index (χ4v) is 4.19. The first kappa shape index (κ1) is 15.7. The zero-order valence-corrected chi connectivity index (χ0v) is 14.4. The van der Waals surface area contributed by atoms with Crippen molar-refractivity contribution >= 4 is 0 Å². The molecule has 2 heterocycles. The van der Waals surface area contributed by atoms with Crippen molar-refractivity contribution in [2.24, 2.45) is 5.92 Å². The minimum atomic E-state index is 0.166. The van der Waals surface area contributed by atoms with Crippen LogP contribution >= 0.6 is 0 Å². The van der Waals surface area contributed by atoms with E-state index in [4.69, 9.17) is 6.42 Å². The molecule has 0 radical (unpaired) electrons. The molecule has 2 atom stereocenters. The summed E-state index contributed by atoms with van der Waals surface area (Å²) < 4.78 is 0. The van der Waals surface area contributed by atoms with E-state index < -0.39 is 0 Å².